The van der Waals surface area contributed by atoms with E-state index in [1.807, 2.05) is 0 Å². The molecule has 0 fully saturated rings. The molecule has 0 aromatic carbocycles. The number of rotatable bonds is 1. The van der Waals surface area contributed by atoms with Gasteiger partial charge in [0, 0.05) is 20.3 Å². The lowest BCUT2D eigenvalue weighted by Crippen LogP contribution is -2.38. The molecule has 1 heterocycles. The van der Waals surface area contributed by atoms with Crippen molar-refractivity contribution in [3.63, 3.8) is 0 Å². The van der Waals surface area contributed by atoms with Crippen LogP contribution in [0.3, 0.4) is 0 Å². The lowest BCUT2D eigenvalue weighted by atomic mass is 10.3. The molecule has 0 aliphatic carbocycles. The van der Waals surface area contributed by atoms with E-state index in [0.717, 1.165) is 15.3 Å². The maximum atomic E-state index is 11.6. The van der Waals surface area contributed by atoms with E-state index < -0.39 is 17.1 Å². The molecule has 0 aliphatic heterocycles. The van der Waals surface area contributed by atoms with E-state index in [4.69, 9.17) is 5.73 Å². The fourth-order valence-electron chi connectivity index (χ4n) is 1.10. The fourth-order valence-corrected chi connectivity index (χ4v) is 1.15. The predicted molar refractivity (Wildman–Crippen MR) is 63.0 cm³/mol. The summed E-state index contributed by atoms with van der Waals surface area (Å²) in [5.74, 6) is -0.479. The number of thiocarbonyl (C=S) groups is 1. The van der Waals surface area contributed by atoms with Crippen molar-refractivity contribution in [2.24, 2.45) is 24.8 Å². The van der Waals surface area contributed by atoms with Crippen LogP contribution < -0.4 is 17.0 Å². The van der Waals surface area contributed by atoms with Gasteiger partial charge in [0.15, 0.2) is 5.11 Å². The first-order chi connectivity index (χ1) is 7.36. The topological polar surface area (TPSA) is 103 Å². The molecule has 1 rings (SSSR count). The van der Waals surface area contributed by atoms with Crippen molar-refractivity contribution in [3.05, 3.63) is 26.4 Å². The average molecular weight is 242 g/mol. The molecule has 0 saturated heterocycles. The van der Waals surface area contributed by atoms with E-state index >= 15 is 0 Å². The van der Waals surface area contributed by atoms with Crippen LogP contribution in [-0.2, 0) is 14.1 Å². The molecule has 16 heavy (non-hydrogen) atoms. The Balaban J connectivity index is 3.59. The van der Waals surface area contributed by atoms with Crippen molar-refractivity contribution in [3.8, 4) is 5.88 Å². The van der Waals surface area contributed by atoms with Crippen LogP contribution in [-0.4, -0.2) is 25.6 Å². The molecule has 0 spiro atoms. The second-order valence-electron chi connectivity index (χ2n) is 3.04. The van der Waals surface area contributed by atoms with E-state index in [0.29, 0.717) is 0 Å². The Bertz CT molecular complexity index is 584. The normalized spacial score (nSPS) is 10.9. The Kier molecular flexibility index (Phi) is 3.23. The van der Waals surface area contributed by atoms with Gasteiger partial charge in [-0.2, -0.15) is 0 Å². The predicted octanol–water partition coefficient (Wildman–Crippen LogP) is -1.55. The number of aromatic hydroxyl groups is 1. The van der Waals surface area contributed by atoms with Crippen molar-refractivity contribution < 1.29 is 5.11 Å². The van der Waals surface area contributed by atoms with E-state index in [9.17, 15) is 14.7 Å². The molecule has 8 heteroatoms. The molecule has 86 valence electrons. The molecule has 1 aromatic heterocycles. The van der Waals surface area contributed by atoms with Crippen molar-refractivity contribution in [2.75, 3.05) is 0 Å². The van der Waals surface area contributed by atoms with Gasteiger partial charge in [0.2, 0.25) is 5.88 Å². The summed E-state index contributed by atoms with van der Waals surface area (Å²) in [5, 5.41) is 9.40. The van der Waals surface area contributed by atoms with Gasteiger partial charge in [-0.05, 0) is 12.2 Å². The van der Waals surface area contributed by atoms with Crippen LogP contribution in [0.4, 0.5) is 0 Å². The van der Waals surface area contributed by atoms with Crippen LogP contribution >= 0.6 is 12.2 Å². The monoisotopic (exact) mass is 242 g/mol. The molecule has 0 unspecified atom stereocenters. The van der Waals surface area contributed by atoms with E-state index in [1.54, 1.807) is 0 Å². The quantitative estimate of drug-likeness (QED) is 0.458. The highest BCUT2D eigenvalue weighted by Gasteiger charge is 2.12. The Labute approximate surface area is 95.5 Å². The summed E-state index contributed by atoms with van der Waals surface area (Å²) >= 11 is 4.49. The highest BCUT2D eigenvalue weighted by molar-refractivity contribution is 7.80. The van der Waals surface area contributed by atoms with Gasteiger partial charge in [0.05, 0.1) is 0 Å². The standard InChI is InChI=1S/C8H10N4O3S/c1-11-5(13)4(3-10-7(9)16)6(14)12(2)8(11)15/h3,13H,1-2H3,(H2,9,16). The van der Waals surface area contributed by atoms with Crippen LogP contribution in [0.2, 0.25) is 0 Å². The van der Waals surface area contributed by atoms with Gasteiger partial charge in [0.1, 0.15) is 5.56 Å². The average Bonchev–Trinajstić information content (AvgIpc) is 2.23. The van der Waals surface area contributed by atoms with Gasteiger partial charge >= 0.3 is 5.69 Å². The minimum absolute atomic E-state index is 0.141. The molecular formula is C8H10N4O3S. The van der Waals surface area contributed by atoms with Crippen molar-refractivity contribution >= 4 is 23.5 Å². The SMILES string of the molecule is Cn1c(O)c(C=NC(N)=S)c(=O)n(C)c1=O. The largest absolute Gasteiger partial charge is 0.494 e. The van der Waals surface area contributed by atoms with E-state index in [1.165, 1.54) is 14.1 Å². The lowest BCUT2D eigenvalue weighted by Gasteiger charge is -2.06. The highest BCUT2D eigenvalue weighted by atomic mass is 32.1. The Morgan fingerprint density at radius 3 is 2.50 bits per heavy atom. The molecule has 0 atom stereocenters. The Hall–Kier alpha value is -1.96. The van der Waals surface area contributed by atoms with Gasteiger partial charge in [-0.3, -0.25) is 13.9 Å². The van der Waals surface area contributed by atoms with Gasteiger partial charge in [-0.25, -0.2) is 9.79 Å². The number of nitrogens with zero attached hydrogens (tertiary/aromatic N) is 3. The zero-order valence-electron chi connectivity index (χ0n) is 8.67. The smallest absolute Gasteiger partial charge is 0.333 e. The molecule has 7 nitrogen and oxygen atoms in total. The van der Waals surface area contributed by atoms with Gasteiger partial charge in [-0.1, -0.05) is 0 Å². The van der Waals surface area contributed by atoms with E-state index in [-0.39, 0.29) is 10.7 Å². The molecule has 0 amide bonds. The van der Waals surface area contributed by atoms with Crippen molar-refractivity contribution in [1.29, 1.82) is 0 Å². The third-order valence-corrected chi connectivity index (χ3v) is 2.09. The molecule has 0 aliphatic rings. The minimum Gasteiger partial charge on any atom is -0.494 e. The zero-order chi connectivity index (χ0) is 12.5. The number of hydrogen-bond acceptors (Lipinski definition) is 4. The minimum atomic E-state index is -0.666. The fraction of sp³-hybridized carbons (Fsp3) is 0.250. The second kappa shape index (κ2) is 4.27. The zero-order valence-corrected chi connectivity index (χ0v) is 9.48. The molecule has 0 bridgehead atoms. The summed E-state index contributed by atoms with van der Waals surface area (Å²) in [4.78, 5) is 26.5. The second-order valence-corrected chi connectivity index (χ2v) is 3.46. The first-order valence-corrected chi connectivity index (χ1v) is 4.59. The summed E-state index contributed by atoms with van der Waals surface area (Å²) in [7, 11) is 2.62. The summed E-state index contributed by atoms with van der Waals surface area (Å²) in [6, 6.07) is 0. The molecule has 0 saturated carbocycles. The van der Waals surface area contributed by atoms with Crippen LogP contribution in [0, 0.1) is 0 Å². The third kappa shape index (κ3) is 2.01. The van der Waals surface area contributed by atoms with Crippen LogP contribution in [0.15, 0.2) is 14.6 Å². The maximum absolute atomic E-state index is 11.6. The summed E-state index contributed by atoms with van der Waals surface area (Å²) in [6.45, 7) is 0. The molecule has 3 N–H and O–H groups in total. The number of aliphatic imine (C=N–C) groups is 1. The Morgan fingerprint density at radius 1 is 1.44 bits per heavy atom. The van der Waals surface area contributed by atoms with E-state index in [2.05, 4.69) is 17.2 Å². The lowest BCUT2D eigenvalue weighted by molar-refractivity contribution is 0.410. The van der Waals surface area contributed by atoms with Gasteiger partial charge in [0.25, 0.3) is 5.56 Å². The first-order valence-electron chi connectivity index (χ1n) is 4.18. The summed E-state index contributed by atoms with van der Waals surface area (Å²) < 4.78 is 1.77. The van der Waals surface area contributed by atoms with Crippen LogP contribution in [0.25, 0.3) is 0 Å². The highest BCUT2D eigenvalue weighted by Crippen LogP contribution is 2.05. The number of nitrogens with two attached hydrogens (primary N) is 1. The summed E-state index contributed by atoms with van der Waals surface area (Å²) in [5.41, 5.74) is 3.68. The third-order valence-electron chi connectivity index (χ3n) is 1.99. The Morgan fingerprint density at radius 2 is 2.00 bits per heavy atom. The molecule has 0 radical (unpaired) electrons. The van der Waals surface area contributed by atoms with Crippen LogP contribution in [0.1, 0.15) is 5.56 Å². The maximum Gasteiger partial charge on any atom is 0.333 e. The van der Waals surface area contributed by atoms with Gasteiger partial charge in [-0.15, -0.1) is 0 Å². The summed E-state index contributed by atoms with van der Waals surface area (Å²) in [6.07, 6.45) is 1.03. The number of hydrogen-bond donors (Lipinski definition) is 2. The molecule has 1 aromatic rings. The van der Waals surface area contributed by atoms with Crippen LogP contribution in [0.5, 0.6) is 5.88 Å². The van der Waals surface area contributed by atoms with Crippen molar-refractivity contribution in [2.45, 2.75) is 0 Å². The van der Waals surface area contributed by atoms with Crippen molar-refractivity contribution in [1.82, 2.24) is 9.13 Å². The first kappa shape index (κ1) is 12.1. The number of aromatic nitrogens is 2. The molecular weight excluding hydrogens is 232 g/mol. The van der Waals surface area contributed by atoms with Gasteiger partial charge < -0.3 is 10.8 Å².